The van der Waals surface area contributed by atoms with Gasteiger partial charge in [-0.1, -0.05) is 30.3 Å². The second-order valence-electron chi connectivity index (χ2n) is 11.5. The summed E-state index contributed by atoms with van der Waals surface area (Å²) in [5.74, 6) is 2.24. The molecular formula is C30H37NO3. The van der Waals surface area contributed by atoms with Crippen molar-refractivity contribution in [2.75, 3.05) is 33.4 Å². The first-order chi connectivity index (χ1) is 16.7. The van der Waals surface area contributed by atoms with Crippen LogP contribution in [0.1, 0.15) is 60.8 Å². The van der Waals surface area contributed by atoms with Crippen LogP contribution in [0.15, 0.2) is 42.5 Å². The molecule has 4 nitrogen and oxygen atoms in total. The average molecular weight is 460 g/mol. The minimum absolute atomic E-state index is 0.126. The molecule has 0 radical (unpaired) electrons. The van der Waals surface area contributed by atoms with E-state index in [0.717, 1.165) is 44.1 Å². The van der Waals surface area contributed by atoms with Crippen LogP contribution < -0.4 is 4.74 Å². The summed E-state index contributed by atoms with van der Waals surface area (Å²) in [6.07, 6.45) is 9.46. The summed E-state index contributed by atoms with van der Waals surface area (Å²) in [4.78, 5) is 2.88. The van der Waals surface area contributed by atoms with E-state index in [1.165, 1.54) is 56.3 Å². The Morgan fingerprint density at radius 2 is 1.85 bits per heavy atom. The van der Waals surface area contributed by atoms with E-state index in [1.807, 2.05) is 7.11 Å². The molecule has 4 heteroatoms. The van der Waals surface area contributed by atoms with Gasteiger partial charge in [0.2, 0.25) is 0 Å². The van der Waals surface area contributed by atoms with Gasteiger partial charge in [0.05, 0.1) is 20.3 Å². The van der Waals surface area contributed by atoms with Crippen molar-refractivity contribution in [1.82, 2.24) is 4.90 Å². The number of nitrogens with zero attached hydrogens (tertiary/aromatic N) is 1. The zero-order chi connectivity index (χ0) is 22.8. The molecule has 3 atom stereocenters. The van der Waals surface area contributed by atoms with Crippen LogP contribution in [0.2, 0.25) is 0 Å². The predicted octanol–water partition coefficient (Wildman–Crippen LogP) is 5.11. The normalized spacial score (nSPS) is 31.8. The standard InChI is InChI=1S/C30H37NO3/c1-32-24-16-23(15-21-5-3-2-4-6-21)25-18-28-26-9-10-30(33-13-14-34-30)20-29(26,27(25)17-24)11-12-31(28)19-22-7-8-22/h2-6,16-17,22,26,28H,7-15,18-20H2,1H3/t26-,28+,29-/m0/s1. The van der Waals surface area contributed by atoms with Crippen LogP contribution in [0.4, 0.5) is 0 Å². The highest BCUT2D eigenvalue weighted by Crippen LogP contribution is 2.60. The smallest absolute Gasteiger partial charge is 0.169 e. The van der Waals surface area contributed by atoms with E-state index in [0.29, 0.717) is 12.0 Å². The van der Waals surface area contributed by atoms with Gasteiger partial charge in [0, 0.05) is 30.8 Å². The van der Waals surface area contributed by atoms with E-state index < -0.39 is 0 Å². The monoisotopic (exact) mass is 459 g/mol. The van der Waals surface area contributed by atoms with Crippen molar-refractivity contribution < 1.29 is 14.2 Å². The maximum absolute atomic E-state index is 6.35. The second-order valence-corrected chi connectivity index (χ2v) is 11.5. The predicted molar refractivity (Wildman–Crippen MR) is 132 cm³/mol. The van der Waals surface area contributed by atoms with E-state index >= 15 is 0 Å². The Bertz CT molecular complexity index is 1060. The molecule has 0 aromatic heterocycles. The summed E-state index contributed by atoms with van der Waals surface area (Å²) < 4.78 is 18.6. The molecule has 1 spiro atoms. The molecule has 180 valence electrons. The van der Waals surface area contributed by atoms with Crippen molar-refractivity contribution >= 4 is 0 Å². The Balaban J connectivity index is 1.35. The lowest BCUT2D eigenvalue weighted by Crippen LogP contribution is -2.64. The maximum Gasteiger partial charge on any atom is 0.169 e. The van der Waals surface area contributed by atoms with E-state index in [4.69, 9.17) is 14.2 Å². The van der Waals surface area contributed by atoms with Crippen LogP contribution in [0.5, 0.6) is 5.75 Å². The van der Waals surface area contributed by atoms with Gasteiger partial charge in [-0.25, -0.2) is 0 Å². The Morgan fingerprint density at radius 1 is 1.03 bits per heavy atom. The zero-order valence-electron chi connectivity index (χ0n) is 20.4. The highest BCUT2D eigenvalue weighted by atomic mass is 16.7. The van der Waals surface area contributed by atoms with Gasteiger partial charge in [0.25, 0.3) is 0 Å². The average Bonchev–Trinajstić information content (AvgIpc) is 3.58. The van der Waals surface area contributed by atoms with Gasteiger partial charge in [-0.3, -0.25) is 4.90 Å². The maximum atomic E-state index is 6.35. The number of methoxy groups -OCH3 is 1. The molecule has 0 amide bonds. The second kappa shape index (κ2) is 8.08. The molecule has 5 aliphatic rings. The van der Waals surface area contributed by atoms with Crippen molar-refractivity contribution in [3.63, 3.8) is 0 Å². The summed E-state index contributed by atoms with van der Waals surface area (Å²) in [7, 11) is 1.82. The van der Waals surface area contributed by atoms with Crippen LogP contribution in [-0.4, -0.2) is 50.1 Å². The summed E-state index contributed by atoms with van der Waals surface area (Å²) in [6, 6.07) is 16.3. The lowest BCUT2D eigenvalue weighted by Gasteiger charge is -2.61. The molecule has 0 N–H and O–H groups in total. The SMILES string of the molecule is COc1cc(Cc2ccccc2)c2c(c1)[C@]13CCN(CC4CC4)[C@H](C2)[C@@H]1CCC1(C3)OCCO1. The van der Waals surface area contributed by atoms with Crippen LogP contribution in [0.3, 0.4) is 0 Å². The quantitative estimate of drug-likeness (QED) is 0.622. The van der Waals surface area contributed by atoms with Crippen LogP contribution in [0, 0.1) is 11.8 Å². The molecule has 0 unspecified atom stereocenters. The Hall–Kier alpha value is -1.88. The lowest BCUT2D eigenvalue weighted by atomic mass is 9.50. The van der Waals surface area contributed by atoms with Crippen LogP contribution in [-0.2, 0) is 27.7 Å². The Kier molecular flexibility index (Phi) is 5.09. The van der Waals surface area contributed by atoms with Gasteiger partial charge in [0.15, 0.2) is 5.79 Å². The number of likely N-dealkylation sites (tertiary alicyclic amines) is 1. The summed E-state index contributed by atoms with van der Waals surface area (Å²) in [5.41, 5.74) is 6.08. The molecule has 4 fully saturated rings. The molecule has 2 saturated carbocycles. The number of hydrogen-bond acceptors (Lipinski definition) is 4. The number of hydrogen-bond donors (Lipinski definition) is 0. The summed E-state index contributed by atoms with van der Waals surface area (Å²) in [6.45, 7) is 3.98. The highest BCUT2D eigenvalue weighted by Gasteiger charge is 2.61. The van der Waals surface area contributed by atoms with Gasteiger partial charge in [0.1, 0.15) is 5.75 Å². The minimum atomic E-state index is -0.378. The molecule has 3 aliphatic carbocycles. The van der Waals surface area contributed by atoms with Gasteiger partial charge in [-0.05, 0) is 91.3 Å². The van der Waals surface area contributed by atoms with Crippen LogP contribution in [0.25, 0.3) is 0 Å². The number of rotatable bonds is 5. The van der Waals surface area contributed by atoms with Crippen molar-refractivity contribution in [2.24, 2.45) is 11.8 Å². The summed E-state index contributed by atoms with van der Waals surface area (Å²) in [5, 5.41) is 0. The van der Waals surface area contributed by atoms with Crippen LogP contribution >= 0.6 is 0 Å². The van der Waals surface area contributed by atoms with Crippen molar-refractivity contribution in [2.45, 2.75) is 68.6 Å². The molecule has 2 saturated heterocycles. The third-order valence-electron chi connectivity index (χ3n) is 9.65. The first-order valence-corrected chi connectivity index (χ1v) is 13.4. The van der Waals surface area contributed by atoms with Gasteiger partial charge in [-0.2, -0.15) is 0 Å². The number of ether oxygens (including phenoxy) is 3. The number of benzene rings is 2. The third-order valence-corrected chi connectivity index (χ3v) is 9.65. The third kappa shape index (κ3) is 3.44. The fourth-order valence-corrected chi connectivity index (χ4v) is 7.94. The molecule has 7 rings (SSSR count). The lowest BCUT2D eigenvalue weighted by molar-refractivity contribution is -0.214. The minimum Gasteiger partial charge on any atom is -0.497 e. The molecular weight excluding hydrogens is 422 g/mol. The number of piperidine rings is 1. The molecule has 2 aliphatic heterocycles. The first-order valence-electron chi connectivity index (χ1n) is 13.4. The molecule has 2 bridgehead atoms. The Morgan fingerprint density at radius 3 is 2.62 bits per heavy atom. The fraction of sp³-hybridized carbons (Fsp3) is 0.600. The van der Waals surface area contributed by atoms with Crippen molar-refractivity contribution in [3.05, 3.63) is 64.7 Å². The van der Waals surface area contributed by atoms with Gasteiger partial charge < -0.3 is 14.2 Å². The van der Waals surface area contributed by atoms with Crippen molar-refractivity contribution in [1.29, 1.82) is 0 Å². The van der Waals surface area contributed by atoms with Crippen molar-refractivity contribution in [3.8, 4) is 5.75 Å². The van der Waals surface area contributed by atoms with Gasteiger partial charge >= 0.3 is 0 Å². The number of fused-ring (bicyclic) bond motifs is 1. The first kappa shape index (κ1) is 21.4. The topological polar surface area (TPSA) is 30.9 Å². The van der Waals surface area contributed by atoms with Gasteiger partial charge in [-0.15, -0.1) is 0 Å². The molecule has 2 heterocycles. The van der Waals surface area contributed by atoms with E-state index in [-0.39, 0.29) is 11.2 Å². The van der Waals surface area contributed by atoms with E-state index in [1.54, 1.807) is 11.1 Å². The molecule has 2 aromatic carbocycles. The largest absolute Gasteiger partial charge is 0.497 e. The molecule has 2 aromatic rings. The van der Waals surface area contributed by atoms with E-state index in [2.05, 4.69) is 47.4 Å². The Labute approximate surface area is 203 Å². The summed E-state index contributed by atoms with van der Waals surface area (Å²) >= 11 is 0. The highest BCUT2D eigenvalue weighted by molar-refractivity contribution is 5.52. The molecule has 34 heavy (non-hydrogen) atoms. The zero-order valence-corrected chi connectivity index (χ0v) is 20.4. The fourth-order valence-electron chi connectivity index (χ4n) is 7.94. The van der Waals surface area contributed by atoms with E-state index in [9.17, 15) is 0 Å².